The summed E-state index contributed by atoms with van der Waals surface area (Å²) in [5, 5.41) is 8.41. The van der Waals surface area contributed by atoms with Gasteiger partial charge in [-0.3, -0.25) is 14.2 Å². The molecule has 0 bridgehead atoms. The van der Waals surface area contributed by atoms with Crippen LogP contribution in [-0.4, -0.2) is 25.3 Å². The van der Waals surface area contributed by atoms with Crippen molar-refractivity contribution in [1.82, 2.24) is 19.6 Å². The van der Waals surface area contributed by atoms with Crippen molar-refractivity contribution in [2.45, 2.75) is 27.3 Å². The average molecular weight is 258 g/mol. The van der Waals surface area contributed by atoms with Gasteiger partial charge in [-0.05, 0) is 39.0 Å². The maximum Gasteiger partial charge on any atom is 0.189 e. The fraction of sp³-hybridized carbons (Fsp3) is 0.357. The van der Waals surface area contributed by atoms with Crippen molar-refractivity contribution in [3.63, 3.8) is 0 Å². The van der Waals surface area contributed by atoms with Crippen LogP contribution in [0.1, 0.15) is 34.4 Å². The van der Waals surface area contributed by atoms with Crippen LogP contribution in [0.2, 0.25) is 0 Å². The van der Waals surface area contributed by atoms with Crippen molar-refractivity contribution in [3.8, 4) is 0 Å². The Labute approximate surface area is 112 Å². The highest BCUT2D eigenvalue weighted by Crippen LogP contribution is 2.10. The Kier molecular flexibility index (Phi) is 3.64. The SMILES string of the molecule is CCn1ncc(C(=O)/C=C/c2cc(C)nn2C)c1C. The molecule has 2 rings (SSSR count). The van der Waals surface area contributed by atoms with Crippen LogP contribution in [0.3, 0.4) is 0 Å². The summed E-state index contributed by atoms with van der Waals surface area (Å²) in [4.78, 5) is 12.1. The van der Waals surface area contributed by atoms with E-state index in [0.717, 1.165) is 23.6 Å². The summed E-state index contributed by atoms with van der Waals surface area (Å²) in [6.07, 6.45) is 4.98. The molecule has 0 saturated heterocycles. The van der Waals surface area contributed by atoms with Crippen molar-refractivity contribution >= 4 is 11.9 Å². The third-order valence-electron chi connectivity index (χ3n) is 3.11. The molecule has 0 aliphatic heterocycles. The third kappa shape index (κ3) is 2.65. The highest BCUT2D eigenvalue weighted by molar-refractivity contribution is 6.07. The van der Waals surface area contributed by atoms with Crippen LogP contribution in [0, 0.1) is 13.8 Å². The third-order valence-corrected chi connectivity index (χ3v) is 3.11. The molecule has 2 aromatic heterocycles. The lowest BCUT2D eigenvalue weighted by atomic mass is 10.1. The number of hydrogen-bond donors (Lipinski definition) is 0. The first-order valence-electron chi connectivity index (χ1n) is 6.28. The van der Waals surface area contributed by atoms with E-state index in [1.165, 1.54) is 0 Å². The molecule has 0 amide bonds. The van der Waals surface area contributed by atoms with E-state index in [2.05, 4.69) is 10.2 Å². The van der Waals surface area contributed by atoms with E-state index in [1.807, 2.05) is 38.6 Å². The van der Waals surface area contributed by atoms with Crippen molar-refractivity contribution in [1.29, 1.82) is 0 Å². The van der Waals surface area contributed by atoms with E-state index >= 15 is 0 Å². The molecular formula is C14H18N4O. The topological polar surface area (TPSA) is 52.7 Å². The van der Waals surface area contributed by atoms with Crippen molar-refractivity contribution in [3.05, 3.63) is 41.0 Å². The maximum atomic E-state index is 12.1. The van der Waals surface area contributed by atoms with Crippen molar-refractivity contribution in [2.75, 3.05) is 0 Å². The lowest BCUT2D eigenvalue weighted by Crippen LogP contribution is -2.02. The average Bonchev–Trinajstić information content (AvgIpc) is 2.89. The molecule has 0 unspecified atom stereocenters. The largest absolute Gasteiger partial charge is 0.289 e. The van der Waals surface area contributed by atoms with Crippen LogP contribution in [0.4, 0.5) is 0 Å². The van der Waals surface area contributed by atoms with Crippen LogP contribution in [-0.2, 0) is 13.6 Å². The molecule has 0 N–H and O–H groups in total. The Hall–Kier alpha value is -2.17. The van der Waals surface area contributed by atoms with Crippen LogP contribution < -0.4 is 0 Å². The monoisotopic (exact) mass is 258 g/mol. The highest BCUT2D eigenvalue weighted by Gasteiger charge is 2.11. The summed E-state index contributed by atoms with van der Waals surface area (Å²) < 4.78 is 3.57. The Morgan fingerprint density at radius 2 is 2.16 bits per heavy atom. The summed E-state index contributed by atoms with van der Waals surface area (Å²) in [6, 6.07) is 1.94. The molecular weight excluding hydrogens is 240 g/mol. The Morgan fingerprint density at radius 1 is 1.42 bits per heavy atom. The number of nitrogens with zero attached hydrogens (tertiary/aromatic N) is 4. The molecule has 0 aromatic carbocycles. The predicted molar refractivity (Wildman–Crippen MR) is 73.9 cm³/mol. The standard InChI is InChI=1S/C14H18N4O/c1-5-18-11(3)13(9-15-18)14(19)7-6-12-8-10(2)16-17(12)4/h6-9H,5H2,1-4H3/b7-6+. The molecule has 0 atom stereocenters. The highest BCUT2D eigenvalue weighted by atomic mass is 16.1. The van der Waals surface area contributed by atoms with Gasteiger partial charge in [0.2, 0.25) is 0 Å². The van der Waals surface area contributed by atoms with Gasteiger partial charge in [-0.15, -0.1) is 0 Å². The van der Waals surface area contributed by atoms with Crippen LogP contribution in [0.15, 0.2) is 18.3 Å². The number of rotatable bonds is 4. The fourth-order valence-corrected chi connectivity index (χ4v) is 2.04. The minimum Gasteiger partial charge on any atom is -0.289 e. The van der Waals surface area contributed by atoms with Crippen molar-refractivity contribution in [2.24, 2.45) is 7.05 Å². The number of carbonyl (C=O) groups excluding carboxylic acids is 1. The van der Waals surface area contributed by atoms with Crippen LogP contribution in [0.25, 0.3) is 6.08 Å². The molecule has 0 spiro atoms. The van der Waals surface area contributed by atoms with Crippen LogP contribution >= 0.6 is 0 Å². The Bertz CT molecular complexity index is 634. The van der Waals surface area contributed by atoms with Gasteiger partial charge in [0.15, 0.2) is 5.78 Å². The van der Waals surface area contributed by atoms with Gasteiger partial charge in [-0.25, -0.2) is 0 Å². The Balaban J connectivity index is 2.21. The summed E-state index contributed by atoms with van der Waals surface area (Å²) in [5.41, 5.74) is 3.39. The number of allylic oxidation sites excluding steroid dienone is 1. The van der Waals surface area contributed by atoms with E-state index in [0.29, 0.717) is 5.56 Å². The second kappa shape index (κ2) is 5.22. The number of hydrogen-bond acceptors (Lipinski definition) is 3. The van der Waals surface area contributed by atoms with Gasteiger partial charge >= 0.3 is 0 Å². The molecule has 0 radical (unpaired) electrons. The van der Waals surface area contributed by atoms with E-state index in [4.69, 9.17) is 0 Å². The van der Waals surface area contributed by atoms with Gasteiger partial charge in [0.1, 0.15) is 0 Å². The quantitative estimate of drug-likeness (QED) is 0.623. The van der Waals surface area contributed by atoms with E-state index in [-0.39, 0.29) is 5.78 Å². The minimum absolute atomic E-state index is 0.0314. The first kappa shape index (κ1) is 13.3. The zero-order valence-corrected chi connectivity index (χ0v) is 11.7. The lowest BCUT2D eigenvalue weighted by Gasteiger charge is -1.99. The van der Waals surface area contributed by atoms with Gasteiger partial charge in [0.25, 0.3) is 0 Å². The lowest BCUT2D eigenvalue weighted by molar-refractivity contribution is 0.104. The van der Waals surface area contributed by atoms with E-state index in [1.54, 1.807) is 23.0 Å². The van der Waals surface area contributed by atoms with Gasteiger partial charge in [-0.1, -0.05) is 0 Å². The Morgan fingerprint density at radius 3 is 2.68 bits per heavy atom. The van der Waals surface area contributed by atoms with Gasteiger partial charge in [0.05, 0.1) is 23.1 Å². The molecule has 5 heteroatoms. The molecule has 2 heterocycles. The molecule has 19 heavy (non-hydrogen) atoms. The number of carbonyl (C=O) groups is 1. The molecule has 0 aliphatic rings. The smallest absolute Gasteiger partial charge is 0.189 e. The van der Waals surface area contributed by atoms with Gasteiger partial charge in [-0.2, -0.15) is 10.2 Å². The number of aryl methyl sites for hydroxylation is 3. The number of ketones is 1. The molecule has 100 valence electrons. The number of aromatic nitrogens is 4. The van der Waals surface area contributed by atoms with Crippen LogP contribution in [0.5, 0.6) is 0 Å². The zero-order valence-electron chi connectivity index (χ0n) is 11.7. The summed E-state index contributed by atoms with van der Waals surface area (Å²) in [7, 11) is 1.86. The second-order valence-electron chi connectivity index (χ2n) is 4.49. The zero-order chi connectivity index (χ0) is 14.0. The summed E-state index contributed by atoms with van der Waals surface area (Å²) >= 11 is 0. The molecule has 5 nitrogen and oxygen atoms in total. The first-order valence-corrected chi connectivity index (χ1v) is 6.28. The molecule has 0 fully saturated rings. The fourth-order valence-electron chi connectivity index (χ4n) is 2.04. The van der Waals surface area contributed by atoms with Gasteiger partial charge in [0, 0.05) is 19.3 Å². The predicted octanol–water partition coefficient (Wildman–Crippen LogP) is 2.15. The first-order chi connectivity index (χ1) is 9.02. The summed E-state index contributed by atoms with van der Waals surface area (Å²) in [6.45, 7) is 6.60. The van der Waals surface area contributed by atoms with E-state index < -0.39 is 0 Å². The molecule has 2 aromatic rings. The summed E-state index contributed by atoms with van der Waals surface area (Å²) in [5.74, 6) is -0.0314. The van der Waals surface area contributed by atoms with Crippen molar-refractivity contribution < 1.29 is 4.79 Å². The minimum atomic E-state index is -0.0314. The molecule has 0 aliphatic carbocycles. The maximum absolute atomic E-state index is 12.1. The van der Waals surface area contributed by atoms with E-state index in [9.17, 15) is 4.79 Å². The molecule has 0 saturated carbocycles. The van der Waals surface area contributed by atoms with Gasteiger partial charge < -0.3 is 0 Å². The normalized spacial score (nSPS) is 11.4. The second-order valence-corrected chi connectivity index (χ2v) is 4.49.